The fraction of sp³-hybridized carbons (Fsp3) is 0.231. The third-order valence-electron chi connectivity index (χ3n) is 2.91. The number of hydrogen-bond donors (Lipinski definition) is 0. The van der Waals surface area contributed by atoms with Gasteiger partial charge in [0.25, 0.3) is 0 Å². The molecule has 0 aliphatic carbocycles. The van der Waals surface area contributed by atoms with E-state index in [1.807, 2.05) is 0 Å². The van der Waals surface area contributed by atoms with E-state index in [0.29, 0.717) is 29.9 Å². The third-order valence-corrected chi connectivity index (χ3v) is 2.91. The zero-order valence-electron chi connectivity index (χ0n) is 8.97. The molecular formula is C13H9NO3. The van der Waals surface area contributed by atoms with Crippen molar-refractivity contribution in [1.82, 2.24) is 0 Å². The molecule has 0 radical (unpaired) electrons. The monoisotopic (exact) mass is 227 g/mol. The van der Waals surface area contributed by atoms with Crippen molar-refractivity contribution in [3.05, 3.63) is 34.9 Å². The van der Waals surface area contributed by atoms with E-state index in [2.05, 4.69) is 6.07 Å². The van der Waals surface area contributed by atoms with E-state index >= 15 is 0 Å². The summed E-state index contributed by atoms with van der Waals surface area (Å²) >= 11 is 0. The highest BCUT2D eigenvalue weighted by Crippen LogP contribution is 2.33. The minimum atomic E-state index is -0.325. The van der Waals surface area contributed by atoms with Crippen molar-refractivity contribution in [3.8, 4) is 11.8 Å². The van der Waals surface area contributed by atoms with Crippen LogP contribution >= 0.6 is 0 Å². The van der Waals surface area contributed by atoms with E-state index in [-0.39, 0.29) is 12.1 Å². The summed E-state index contributed by atoms with van der Waals surface area (Å²) in [4.78, 5) is 11.6. The van der Waals surface area contributed by atoms with E-state index in [9.17, 15) is 4.79 Å². The number of carbonyl (C=O) groups is 1. The van der Waals surface area contributed by atoms with Gasteiger partial charge in [-0.15, -0.1) is 0 Å². The highest BCUT2D eigenvalue weighted by Gasteiger charge is 2.32. The maximum Gasteiger partial charge on any atom is 0.337 e. The molecule has 2 aliphatic rings. The van der Waals surface area contributed by atoms with Crippen LogP contribution in [0.3, 0.4) is 0 Å². The molecule has 1 aromatic carbocycles. The SMILES string of the molecule is N#Cc1ccc2c(c1)C=C1C(=O)OCCC1O2. The van der Waals surface area contributed by atoms with Crippen molar-refractivity contribution in [2.45, 2.75) is 12.5 Å². The zero-order chi connectivity index (χ0) is 11.8. The Hall–Kier alpha value is -2.28. The lowest BCUT2D eigenvalue weighted by Crippen LogP contribution is -2.34. The molecule has 0 amide bonds. The van der Waals surface area contributed by atoms with Crippen molar-refractivity contribution in [1.29, 1.82) is 5.26 Å². The molecule has 1 aromatic rings. The molecule has 0 bridgehead atoms. The molecule has 3 rings (SSSR count). The molecule has 0 N–H and O–H groups in total. The number of esters is 1. The molecule has 17 heavy (non-hydrogen) atoms. The summed E-state index contributed by atoms with van der Waals surface area (Å²) in [6, 6.07) is 7.24. The van der Waals surface area contributed by atoms with Crippen LogP contribution in [0.5, 0.6) is 5.75 Å². The predicted molar refractivity (Wildman–Crippen MR) is 59.1 cm³/mol. The van der Waals surface area contributed by atoms with Gasteiger partial charge in [-0.1, -0.05) is 0 Å². The summed E-state index contributed by atoms with van der Waals surface area (Å²) in [7, 11) is 0. The molecule has 0 aromatic heterocycles. The van der Waals surface area contributed by atoms with Gasteiger partial charge in [-0.25, -0.2) is 4.79 Å². The summed E-state index contributed by atoms with van der Waals surface area (Å²) < 4.78 is 10.7. The van der Waals surface area contributed by atoms with Gasteiger partial charge in [-0.05, 0) is 24.3 Å². The lowest BCUT2D eigenvalue weighted by Gasteiger charge is -2.29. The maximum absolute atomic E-state index is 11.6. The summed E-state index contributed by atoms with van der Waals surface area (Å²) in [5.74, 6) is 0.390. The Morgan fingerprint density at radius 1 is 1.41 bits per heavy atom. The van der Waals surface area contributed by atoms with Gasteiger partial charge in [0.1, 0.15) is 11.9 Å². The third kappa shape index (κ3) is 1.56. The number of nitrogens with zero attached hydrogens (tertiary/aromatic N) is 1. The van der Waals surface area contributed by atoms with Crippen LogP contribution in [0, 0.1) is 11.3 Å². The molecule has 2 heterocycles. The smallest absolute Gasteiger partial charge is 0.337 e. The Morgan fingerprint density at radius 3 is 3.12 bits per heavy atom. The van der Waals surface area contributed by atoms with E-state index < -0.39 is 0 Å². The number of benzene rings is 1. The van der Waals surface area contributed by atoms with Crippen LogP contribution in [-0.4, -0.2) is 18.7 Å². The van der Waals surface area contributed by atoms with Gasteiger partial charge in [-0.3, -0.25) is 0 Å². The minimum Gasteiger partial charge on any atom is -0.485 e. The van der Waals surface area contributed by atoms with Crippen LogP contribution < -0.4 is 4.74 Å². The van der Waals surface area contributed by atoms with Crippen molar-refractivity contribution in [3.63, 3.8) is 0 Å². The van der Waals surface area contributed by atoms with Crippen molar-refractivity contribution < 1.29 is 14.3 Å². The maximum atomic E-state index is 11.6. The lowest BCUT2D eigenvalue weighted by atomic mass is 9.97. The average Bonchev–Trinajstić information content (AvgIpc) is 2.37. The van der Waals surface area contributed by atoms with Gasteiger partial charge in [0.05, 0.1) is 23.8 Å². The highest BCUT2D eigenvalue weighted by atomic mass is 16.5. The number of carbonyl (C=O) groups excluding carboxylic acids is 1. The number of rotatable bonds is 0. The van der Waals surface area contributed by atoms with Crippen LogP contribution in [0.15, 0.2) is 23.8 Å². The van der Waals surface area contributed by atoms with Crippen LogP contribution in [0.2, 0.25) is 0 Å². The lowest BCUT2D eigenvalue weighted by molar-refractivity contribution is -0.143. The predicted octanol–water partition coefficient (Wildman–Crippen LogP) is 1.65. The van der Waals surface area contributed by atoms with Crippen LogP contribution in [-0.2, 0) is 9.53 Å². The van der Waals surface area contributed by atoms with Crippen LogP contribution in [0.4, 0.5) is 0 Å². The molecular weight excluding hydrogens is 218 g/mol. The first-order valence-corrected chi connectivity index (χ1v) is 5.37. The quantitative estimate of drug-likeness (QED) is 0.632. The number of nitriles is 1. The van der Waals surface area contributed by atoms with E-state index in [0.717, 1.165) is 5.56 Å². The first-order chi connectivity index (χ1) is 8.28. The molecule has 1 unspecified atom stereocenters. The summed E-state index contributed by atoms with van der Waals surface area (Å²) in [6.07, 6.45) is 2.22. The Labute approximate surface area is 98.1 Å². The molecule has 1 atom stereocenters. The fourth-order valence-corrected chi connectivity index (χ4v) is 2.06. The summed E-state index contributed by atoms with van der Waals surface area (Å²) in [6.45, 7) is 0.395. The minimum absolute atomic E-state index is 0.211. The Kier molecular flexibility index (Phi) is 2.12. The second kappa shape index (κ2) is 3.63. The van der Waals surface area contributed by atoms with E-state index in [4.69, 9.17) is 14.7 Å². The van der Waals surface area contributed by atoms with Gasteiger partial charge >= 0.3 is 5.97 Å². The van der Waals surface area contributed by atoms with E-state index in [1.165, 1.54) is 0 Å². The number of ether oxygens (including phenoxy) is 2. The Balaban J connectivity index is 2.09. The number of hydrogen-bond acceptors (Lipinski definition) is 4. The van der Waals surface area contributed by atoms with Gasteiger partial charge in [0.2, 0.25) is 0 Å². The number of cyclic esters (lactones) is 1. The largest absolute Gasteiger partial charge is 0.485 e. The average molecular weight is 227 g/mol. The van der Waals surface area contributed by atoms with Crippen molar-refractivity contribution >= 4 is 12.0 Å². The Morgan fingerprint density at radius 2 is 2.29 bits per heavy atom. The normalized spacial score (nSPS) is 21.2. The first-order valence-electron chi connectivity index (χ1n) is 5.37. The van der Waals surface area contributed by atoms with Crippen molar-refractivity contribution in [2.75, 3.05) is 6.61 Å². The second-order valence-corrected chi connectivity index (χ2v) is 4.00. The first kappa shape index (κ1) is 9.91. The van der Waals surface area contributed by atoms with Crippen LogP contribution in [0.25, 0.3) is 6.08 Å². The van der Waals surface area contributed by atoms with Gasteiger partial charge in [0, 0.05) is 12.0 Å². The molecule has 1 fully saturated rings. The van der Waals surface area contributed by atoms with E-state index in [1.54, 1.807) is 24.3 Å². The van der Waals surface area contributed by atoms with Crippen LogP contribution in [0.1, 0.15) is 17.5 Å². The topological polar surface area (TPSA) is 59.3 Å². The standard InChI is InChI=1S/C13H9NO3/c14-7-8-1-2-11-9(5-8)6-10-12(17-11)3-4-16-13(10)15/h1-2,5-6,12H,3-4H2. The fourth-order valence-electron chi connectivity index (χ4n) is 2.06. The molecule has 2 aliphatic heterocycles. The molecule has 4 heteroatoms. The molecule has 1 saturated heterocycles. The molecule has 84 valence electrons. The van der Waals surface area contributed by atoms with Crippen molar-refractivity contribution in [2.24, 2.45) is 0 Å². The number of fused-ring (bicyclic) bond motifs is 2. The summed E-state index contributed by atoms with van der Waals surface area (Å²) in [5.41, 5.74) is 1.85. The highest BCUT2D eigenvalue weighted by molar-refractivity contribution is 5.96. The zero-order valence-corrected chi connectivity index (χ0v) is 8.97. The molecule has 0 saturated carbocycles. The Bertz CT molecular complexity index is 569. The van der Waals surface area contributed by atoms with Gasteiger partial charge in [0.15, 0.2) is 0 Å². The van der Waals surface area contributed by atoms with Gasteiger partial charge in [-0.2, -0.15) is 5.26 Å². The van der Waals surface area contributed by atoms with Gasteiger partial charge < -0.3 is 9.47 Å². The molecule has 0 spiro atoms. The summed E-state index contributed by atoms with van der Waals surface area (Å²) in [5, 5.41) is 8.82. The second-order valence-electron chi connectivity index (χ2n) is 4.00. The molecule has 4 nitrogen and oxygen atoms in total.